The summed E-state index contributed by atoms with van der Waals surface area (Å²) in [6, 6.07) is 12.3. The Morgan fingerprint density at radius 1 is 1.13 bits per heavy atom. The topological polar surface area (TPSA) is 80.1 Å². The van der Waals surface area contributed by atoms with Crippen LogP contribution in [0.2, 0.25) is 0 Å². The Kier molecular flexibility index (Phi) is 6.57. The molecule has 1 fully saturated rings. The summed E-state index contributed by atoms with van der Waals surface area (Å²) < 4.78 is 38.3. The van der Waals surface area contributed by atoms with Gasteiger partial charge in [-0.15, -0.1) is 11.3 Å². The van der Waals surface area contributed by atoms with Crippen LogP contribution in [0.15, 0.2) is 63.4 Å². The molecule has 0 radical (unpaired) electrons. The van der Waals surface area contributed by atoms with Crippen molar-refractivity contribution in [1.29, 1.82) is 0 Å². The molecule has 0 N–H and O–H groups in total. The number of benzene rings is 1. The smallest absolute Gasteiger partial charge is 0.254 e. The van der Waals surface area contributed by atoms with Gasteiger partial charge >= 0.3 is 0 Å². The molecule has 3 aromatic rings. The number of carbonyl (C=O) groups excluding carboxylic acids is 1. The second-order valence-electron chi connectivity index (χ2n) is 7.31. The molecule has 0 atom stereocenters. The first kappa shape index (κ1) is 21.8. The number of aryl methyl sites for hydroxylation is 1. The van der Waals surface area contributed by atoms with Crippen LogP contribution in [0.1, 0.15) is 26.6 Å². The normalized spacial score (nSPS) is 15.1. The van der Waals surface area contributed by atoms with E-state index in [1.807, 2.05) is 30.5 Å². The fraction of sp³-hybridized carbons (Fsp3) is 0.318. The summed E-state index contributed by atoms with van der Waals surface area (Å²) in [6.07, 6.45) is 1.57. The average Bonchev–Trinajstić information content (AvgIpc) is 3.48. The Bertz CT molecular complexity index is 1080. The molecule has 9 heteroatoms. The van der Waals surface area contributed by atoms with Gasteiger partial charge in [-0.3, -0.25) is 4.79 Å². The number of rotatable bonds is 7. The highest BCUT2D eigenvalue weighted by Crippen LogP contribution is 2.24. The van der Waals surface area contributed by atoms with E-state index in [-0.39, 0.29) is 10.8 Å². The van der Waals surface area contributed by atoms with E-state index in [0.29, 0.717) is 50.7 Å². The molecule has 0 bridgehead atoms. The Balaban J connectivity index is 1.65. The van der Waals surface area contributed by atoms with E-state index in [9.17, 15) is 13.2 Å². The minimum absolute atomic E-state index is 0.123. The Morgan fingerprint density at radius 3 is 2.61 bits per heavy atom. The van der Waals surface area contributed by atoms with E-state index in [1.165, 1.54) is 10.4 Å². The van der Waals surface area contributed by atoms with E-state index in [4.69, 9.17) is 9.15 Å². The van der Waals surface area contributed by atoms with Crippen LogP contribution in [0.4, 0.5) is 0 Å². The number of amides is 1. The van der Waals surface area contributed by atoms with Crippen molar-refractivity contribution in [2.24, 2.45) is 0 Å². The van der Waals surface area contributed by atoms with Gasteiger partial charge in [0.1, 0.15) is 5.76 Å². The van der Waals surface area contributed by atoms with Crippen molar-refractivity contribution in [3.05, 3.63) is 75.9 Å². The van der Waals surface area contributed by atoms with Gasteiger partial charge in [0.2, 0.25) is 10.0 Å². The lowest BCUT2D eigenvalue weighted by molar-refractivity contribution is 0.0717. The van der Waals surface area contributed by atoms with Crippen molar-refractivity contribution in [2.45, 2.75) is 24.9 Å². The monoisotopic (exact) mass is 460 g/mol. The maximum Gasteiger partial charge on any atom is 0.254 e. The molecule has 0 spiro atoms. The highest BCUT2D eigenvalue weighted by atomic mass is 32.2. The molecular weight excluding hydrogens is 436 g/mol. The molecule has 1 aliphatic rings. The molecule has 31 heavy (non-hydrogen) atoms. The lowest BCUT2D eigenvalue weighted by atomic mass is 10.1. The van der Waals surface area contributed by atoms with Gasteiger partial charge in [-0.05, 0) is 48.2 Å². The minimum atomic E-state index is -3.69. The molecule has 1 saturated heterocycles. The summed E-state index contributed by atoms with van der Waals surface area (Å²) >= 11 is 1.57. The van der Waals surface area contributed by atoms with Gasteiger partial charge in [0.15, 0.2) is 0 Å². The van der Waals surface area contributed by atoms with Gasteiger partial charge in [0, 0.05) is 23.5 Å². The maximum absolute atomic E-state index is 13.5. The highest BCUT2D eigenvalue weighted by molar-refractivity contribution is 7.89. The fourth-order valence-corrected chi connectivity index (χ4v) is 5.63. The van der Waals surface area contributed by atoms with Crippen LogP contribution in [0, 0.1) is 6.92 Å². The standard InChI is InChI=1S/C22H24N2O5S2/c1-17-6-7-20(31(26,27)24-8-11-28-12-9-24)14-21(17)22(25)23(15-18-4-2-10-29-18)16-19-5-3-13-30-19/h2-7,10,13-14H,8-9,11-12,15-16H2,1H3. The number of sulfonamides is 1. The number of nitrogens with zero attached hydrogens (tertiary/aromatic N) is 2. The van der Waals surface area contributed by atoms with Gasteiger partial charge in [-0.1, -0.05) is 12.1 Å². The first-order chi connectivity index (χ1) is 14.9. The first-order valence-corrected chi connectivity index (χ1v) is 12.3. The number of hydrogen-bond acceptors (Lipinski definition) is 6. The van der Waals surface area contributed by atoms with Crippen LogP contribution >= 0.6 is 11.3 Å². The number of carbonyl (C=O) groups is 1. The van der Waals surface area contributed by atoms with Gasteiger partial charge in [0.05, 0.1) is 37.5 Å². The van der Waals surface area contributed by atoms with E-state index in [0.717, 1.165) is 10.4 Å². The molecule has 7 nitrogen and oxygen atoms in total. The van der Waals surface area contributed by atoms with Crippen molar-refractivity contribution in [2.75, 3.05) is 26.3 Å². The van der Waals surface area contributed by atoms with Crippen LogP contribution in [0.5, 0.6) is 0 Å². The Morgan fingerprint density at radius 2 is 1.94 bits per heavy atom. The van der Waals surface area contributed by atoms with Crippen LogP contribution in [-0.2, 0) is 27.8 Å². The number of ether oxygens (including phenoxy) is 1. The third-order valence-electron chi connectivity index (χ3n) is 5.19. The molecule has 1 aromatic carbocycles. The Hall–Kier alpha value is -2.46. The van der Waals surface area contributed by atoms with Crippen molar-refractivity contribution >= 4 is 27.3 Å². The lowest BCUT2D eigenvalue weighted by Crippen LogP contribution is -2.40. The molecule has 0 unspecified atom stereocenters. The van der Waals surface area contributed by atoms with Crippen LogP contribution < -0.4 is 0 Å². The number of furan rings is 1. The van der Waals surface area contributed by atoms with Crippen molar-refractivity contribution in [1.82, 2.24) is 9.21 Å². The van der Waals surface area contributed by atoms with Gasteiger partial charge in [-0.25, -0.2) is 8.42 Å². The largest absolute Gasteiger partial charge is 0.467 e. The first-order valence-electron chi connectivity index (χ1n) is 9.98. The molecule has 2 aromatic heterocycles. The quantitative estimate of drug-likeness (QED) is 0.539. The van der Waals surface area contributed by atoms with Crippen molar-refractivity contribution in [3.63, 3.8) is 0 Å². The Labute approximate surface area is 185 Å². The summed E-state index contributed by atoms with van der Waals surface area (Å²) in [5, 5.41) is 1.96. The maximum atomic E-state index is 13.5. The second-order valence-corrected chi connectivity index (χ2v) is 10.3. The van der Waals surface area contributed by atoms with E-state index < -0.39 is 10.0 Å². The zero-order chi connectivity index (χ0) is 21.8. The van der Waals surface area contributed by atoms with Gasteiger partial charge in [-0.2, -0.15) is 4.31 Å². The van der Waals surface area contributed by atoms with E-state index >= 15 is 0 Å². The predicted molar refractivity (Wildman–Crippen MR) is 117 cm³/mol. The molecule has 4 rings (SSSR count). The van der Waals surface area contributed by atoms with Gasteiger partial charge in [0.25, 0.3) is 5.91 Å². The third-order valence-corrected chi connectivity index (χ3v) is 7.94. The number of thiophene rings is 1. The number of morpholine rings is 1. The molecule has 0 saturated carbocycles. The summed E-state index contributed by atoms with van der Waals surface area (Å²) in [7, 11) is -3.69. The molecule has 0 aliphatic carbocycles. The summed E-state index contributed by atoms with van der Waals surface area (Å²) in [5.41, 5.74) is 1.10. The van der Waals surface area contributed by atoms with E-state index in [2.05, 4.69) is 0 Å². The molecule has 1 amide bonds. The lowest BCUT2D eigenvalue weighted by Gasteiger charge is -2.27. The zero-order valence-corrected chi connectivity index (χ0v) is 18.8. The van der Waals surface area contributed by atoms with Crippen LogP contribution in [0.25, 0.3) is 0 Å². The second kappa shape index (κ2) is 9.35. The molecule has 164 valence electrons. The average molecular weight is 461 g/mol. The third kappa shape index (κ3) is 4.90. The summed E-state index contributed by atoms with van der Waals surface area (Å²) in [4.78, 5) is 16.4. The zero-order valence-electron chi connectivity index (χ0n) is 17.2. The summed E-state index contributed by atoms with van der Waals surface area (Å²) in [6.45, 7) is 3.88. The van der Waals surface area contributed by atoms with Crippen molar-refractivity contribution < 1.29 is 22.4 Å². The highest BCUT2D eigenvalue weighted by Gasteiger charge is 2.28. The van der Waals surface area contributed by atoms with Crippen LogP contribution in [0.3, 0.4) is 0 Å². The van der Waals surface area contributed by atoms with Gasteiger partial charge < -0.3 is 14.1 Å². The summed E-state index contributed by atoms with van der Waals surface area (Å²) in [5.74, 6) is 0.431. The number of hydrogen-bond donors (Lipinski definition) is 0. The van der Waals surface area contributed by atoms with Crippen molar-refractivity contribution in [3.8, 4) is 0 Å². The predicted octanol–water partition coefficient (Wildman–Crippen LogP) is 3.51. The van der Waals surface area contributed by atoms with E-state index in [1.54, 1.807) is 40.7 Å². The molecule has 3 heterocycles. The SMILES string of the molecule is Cc1ccc(S(=O)(=O)N2CCOCC2)cc1C(=O)N(Cc1ccco1)Cc1cccs1. The molecular formula is C22H24N2O5S2. The van der Waals surface area contributed by atoms with Crippen LogP contribution in [-0.4, -0.2) is 49.8 Å². The fourth-order valence-electron chi connectivity index (χ4n) is 3.48. The minimum Gasteiger partial charge on any atom is -0.467 e. The molecule has 1 aliphatic heterocycles.